The molecule has 36 heavy (non-hydrogen) atoms. The van der Waals surface area contributed by atoms with Crippen LogP contribution in [-0.2, 0) is 6.18 Å². The van der Waals surface area contributed by atoms with Crippen molar-refractivity contribution in [2.75, 3.05) is 5.75 Å². The van der Waals surface area contributed by atoms with E-state index in [4.69, 9.17) is 11.6 Å². The van der Waals surface area contributed by atoms with Crippen molar-refractivity contribution in [1.82, 2.24) is 19.2 Å². The highest BCUT2D eigenvalue weighted by molar-refractivity contribution is 7.99. The Hall–Kier alpha value is -3.30. The van der Waals surface area contributed by atoms with Gasteiger partial charge in [-0.3, -0.25) is 9.20 Å². The zero-order valence-electron chi connectivity index (χ0n) is 19.5. The maximum atomic E-state index is 13.4. The van der Waals surface area contributed by atoms with Crippen molar-refractivity contribution in [3.8, 4) is 5.69 Å². The molecule has 5 rings (SSSR count). The predicted molar refractivity (Wildman–Crippen MR) is 136 cm³/mol. The summed E-state index contributed by atoms with van der Waals surface area (Å²) in [5.74, 6) is -0.0562. The summed E-state index contributed by atoms with van der Waals surface area (Å²) in [6.07, 6.45) is -4.58. The van der Waals surface area contributed by atoms with Crippen LogP contribution in [0.1, 0.15) is 32.9 Å². The fourth-order valence-corrected chi connectivity index (χ4v) is 5.55. The summed E-state index contributed by atoms with van der Waals surface area (Å²) >= 11 is 7.05. The van der Waals surface area contributed by atoms with Crippen LogP contribution in [0.5, 0.6) is 0 Å². The van der Waals surface area contributed by atoms with Gasteiger partial charge in [0.25, 0.3) is 0 Å². The second kappa shape index (κ2) is 8.97. The molecule has 0 saturated heterocycles. The molecule has 0 radical (unpaired) electrons. The van der Waals surface area contributed by atoms with Crippen molar-refractivity contribution in [3.05, 3.63) is 87.7 Å². The quantitative estimate of drug-likeness (QED) is 0.178. The summed E-state index contributed by atoms with van der Waals surface area (Å²) in [5, 5.41) is 9.84. The van der Waals surface area contributed by atoms with Gasteiger partial charge in [-0.15, -0.1) is 10.2 Å². The maximum absolute atomic E-state index is 13.4. The minimum absolute atomic E-state index is 0.0989. The molecule has 0 atom stereocenters. The molecule has 0 aliphatic heterocycles. The van der Waals surface area contributed by atoms with Crippen LogP contribution >= 0.6 is 23.4 Å². The lowest BCUT2D eigenvalue weighted by Gasteiger charge is -2.14. The van der Waals surface area contributed by atoms with E-state index in [9.17, 15) is 18.0 Å². The summed E-state index contributed by atoms with van der Waals surface area (Å²) in [4.78, 5) is 13.2. The number of rotatable bonds is 5. The molecule has 3 heterocycles. The van der Waals surface area contributed by atoms with Crippen LogP contribution in [0.25, 0.3) is 22.2 Å². The number of thioether (sulfide) groups is 1. The zero-order chi connectivity index (χ0) is 25.8. The van der Waals surface area contributed by atoms with Gasteiger partial charge < -0.3 is 4.57 Å². The van der Waals surface area contributed by atoms with Gasteiger partial charge in [-0.05, 0) is 62.7 Å². The van der Waals surface area contributed by atoms with E-state index in [2.05, 4.69) is 10.2 Å². The molecule has 5 aromatic rings. The van der Waals surface area contributed by atoms with Crippen molar-refractivity contribution in [3.63, 3.8) is 0 Å². The summed E-state index contributed by atoms with van der Waals surface area (Å²) in [6.45, 7) is 5.48. The van der Waals surface area contributed by atoms with Crippen molar-refractivity contribution in [2.24, 2.45) is 0 Å². The number of nitrogens with zero attached hydrogens (tertiary/aromatic N) is 4. The molecule has 0 spiro atoms. The molecule has 2 aromatic carbocycles. The fraction of sp³-hybridized carbons (Fsp3) is 0.192. The first-order valence-corrected chi connectivity index (χ1v) is 12.4. The Balaban J connectivity index is 1.45. The van der Waals surface area contributed by atoms with Crippen molar-refractivity contribution in [1.29, 1.82) is 0 Å². The van der Waals surface area contributed by atoms with E-state index in [1.54, 1.807) is 24.5 Å². The Morgan fingerprint density at radius 3 is 2.53 bits per heavy atom. The third-order valence-electron chi connectivity index (χ3n) is 6.15. The van der Waals surface area contributed by atoms with E-state index >= 15 is 0 Å². The predicted octanol–water partition coefficient (Wildman–Crippen LogP) is 7.25. The van der Waals surface area contributed by atoms with E-state index in [0.717, 1.165) is 22.5 Å². The van der Waals surface area contributed by atoms with E-state index in [0.29, 0.717) is 33.4 Å². The summed E-state index contributed by atoms with van der Waals surface area (Å²) in [6, 6.07) is 15.3. The standard InChI is InChI=1S/C26H20ClF3N4OS/c1-14-10-24-31-32-25(34(24)22-7-5-4-6-18(14)22)36-13-23(35)19-11-15(2)33(16(19)3)17-8-9-21(27)20(12-17)26(28,29)30/h4-12H,13H2,1-3H3. The van der Waals surface area contributed by atoms with Gasteiger partial charge in [0.15, 0.2) is 16.6 Å². The number of fused-ring (bicyclic) bond motifs is 3. The molecule has 10 heteroatoms. The normalized spacial score (nSPS) is 12.1. The molecule has 184 valence electrons. The van der Waals surface area contributed by atoms with Crippen LogP contribution in [-0.4, -0.2) is 30.7 Å². The van der Waals surface area contributed by atoms with Crippen LogP contribution in [0, 0.1) is 20.8 Å². The lowest BCUT2D eigenvalue weighted by Crippen LogP contribution is -2.09. The van der Waals surface area contributed by atoms with Gasteiger partial charge in [0.1, 0.15) is 0 Å². The topological polar surface area (TPSA) is 52.2 Å². The summed E-state index contributed by atoms with van der Waals surface area (Å²) in [5.41, 5.74) is 3.75. The number of hydrogen-bond acceptors (Lipinski definition) is 4. The average Bonchev–Trinajstić information content (AvgIpc) is 3.37. The molecular formula is C26H20ClF3N4OS. The Kier molecular flexibility index (Phi) is 6.08. The Labute approximate surface area is 213 Å². The highest BCUT2D eigenvalue weighted by atomic mass is 35.5. The van der Waals surface area contributed by atoms with Crippen LogP contribution in [0.4, 0.5) is 13.2 Å². The highest BCUT2D eigenvalue weighted by Crippen LogP contribution is 2.36. The van der Waals surface area contributed by atoms with Gasteiger partial charge in [-0.1, -0.05) is 41.6 Å². The van der Waals surface area contributed by atoms with E-state index in [-0.39, 0.29) is 16.6 Å². The average molecular weight is 529 g/mol. The molecule has 0 aliphatic carbocycles. The molecule has 0 N–H and O–H groups in total. The highest BCUT2D eigenvalue weighted by Gasteiger charge is 2.33. The van der Waals surface area contributed by atoms with Crippen LogP contribution < -0.4 is 0 Å². The number of aromatic nitrogens is 4. The number of carbonyl (C=O) groups is 1. The van der Waals surface area contributed by atoms with E-state index in [1.807, 2.05) is 41.7 Å². The first-order chi connectivity index (χ1) is 17.1. The minimum Gasteiger partial charge on any atom is -0.318 e. The molecule has 5 nitrogen and oxygen atoms in total. The molecule has 0 aliphatic rings. The van der Waals surface area contributed by atoms with Crippen molar-refractivity contribution in [2.45, 2.75) is 32.1 Å². The Morgan fingerprint density at radius 2 is 1.78 bits per heavy atom. The molecule has 0 unspecified atom stereocenters. The molecular weight excluding hydrogens is 509 g/mol. The summed E-state index contributed by atoms with van der Waals surface area (Å²) in [7, 11) is 0. The fourth-order valence-electron chi connectivity index (χ4n) is 4.49. The van der Waals surface area contributed by atoms with Gasteiger partial charge in [0.05, 0.1) is 21.9 Å². The lowest BCUT2D eigenvalue weighted by molar-refractivity contribution is -0.137. The van der Waals surface area contributed by atoms with Crippen molar-refractivity contribution < 1.29 is 18.0 Å². The van der Waals surface area contributed by atoms with Gasteiger partial charge in [0.2, 0.25) is 0 Å². The Bertz CT molecular complexity index is 1660. The zero-order valence-corrected chi connectivity index (χ0v) is 21.1. The van der Waals surface area contributed by atoms with Gasteiger partial charge in [0, 0.05) is 28.0 Å². The molecule has 0 fully saturated rings. The molecule has 0 amide bonds. The number of hydrogen-bond donors (Lipinski definition) is 0. The number of pyridine rings is 1. The molecule has 3 aromatic heterocycles. The number of benzene rings is 2. The monoisotopic (exact) mass is 528 g/mol. The lowest BCUT2D eigenvalue weighted by atomic mass is 10.1. The second-order valence-corrected chi connectivity index (χ2v) is 9.86. The molecule has 0 saturated carbocycles. The van der Waals surface area contributed by atoms with Crippen LogP contribution in [0.2, 0.25) is 5.02 Å². The SMILES string of the molecule is Cc1cc2nnc(SCC(=O)c3cc(C)n(-c4ccc(Cl)c(C(F)(F)F)c4)c3C)n2c2ccccc12. The third-order valence-corrected chi connectivity index (χ3v) is 7.41. The number of Topliss-reactive ketones (excluding diaryl/α,β-unsaturated/α-hetero) is 1. The van der Waals surface area contributed by atoms with Gasteiger partial charge >= 0.3 is 6.18 Å². The first-order valence-electron chi connectivity index (χ1n) is 11.0. The van der Waals surface area contributed by atoms with Crippen LogP contribution in [0.15, 0.2) is 59.8 Å². The largest absolute Gasteiger partial charge is 0.417 e. The number of aryl methyl sites for hydroxylation is 2. The van der Waals surface area contributed by atoms with Crippen molar-refractivity contribution >= 4 is 45.7 Å². The number of ketones is 1. The van der Waals surface area contributed by atoms with Crippen LogP contribution in [0.3, 0.4) is 0 Å². The number of carbonyl (C=O) groups excluding carboxylic acids is 1. The number of alkyl halides is 3. The van der Waals surface area contributed by atoms with E-state index < -0.39 is 11.7 Å². The van der Waals surface area contributed by atoms with Gasteiger partial charge in [-0.2, -0.15) is 13.2 Å². The number of para-hydroxylation sites is 1. The number of halogens is 4. The second-order valence-electron chi connectivity index (χ2n) is 8.51. The first kappa shape index (κ1) is 24.4. The maximum Gasteiger partial charge on any atom is 0.417 e. The molecule has 0 bridgehead atoms. The third kappa shape index (κ3) is 4.16. The summed E-state index contributed by atoms with van der Waals surface area (Å²) < 4.78 is 43.7. The van der Waals surface area contributed by atoms with Gasteiger partial charge in [-0.25, -0.2) is 0 Å². The minimum atomic E-state index is -4.58. The Morgan fingerprint density at radius 1 is 1.03 bits per heavy atom. The smallest absolute Gasteiger partial charge is 0.318 e. The van der Waals surface area contributed by atoms with E-state index in [1.165, 1.54) is 23.9 Å².